The van der Waals surface area contributed by atoms with Gasteiger partial charge in [0.05, 0.1) is 13.7 Å². The van der Waals surface area contributed by atoms with Crippen LogP contribution in [0.5, 0.6) is 11.5 Å². The topological polar surface area (TPSA) is 30.5 Å². The Morgan fingerprint density at radius 3 is 2.58 bits per heavy atom. The van der Waals surface area contributed by atoms with Gasteiger partial charge < -0.3 is 14.8 Å². The highest BCUT2D eigenvalue weighted by molar-refractivity contribution is 5.43. The molecule has 0 aliphatic carbocycles. The van der Waals surface area contributed by atoms with Crippen molar-refractivity contribution in [3.63, 3.8) is 0 Å². The van der Waals surface area contributed by atoms with Crippen LogP contribution in [0.3, 0.4) is 0 Å². The fourth-order valence-corrected chi connectivity index (χ4v) is 1.56. The summed E-state index contributed by atoms with van der Waals surface area (Å²) in [4.78, 5) is 0. The van der Waals surface area contributed by atoms with Gasteiger partial charge in [-0.3, -0.25) is 0 Å². The first-order valence-corrected chi connectivity index (χ1v) is 6.62. The maximum absolute atomic E-state index is 5.65. The second-order valence-corrected chi connectivity index (χ2v) is 5.51. The molecule has 1 rings (SSSR count). The standard InChI is InChI=1S/C16H25NO2/c1-6-7-10-19-14-9-8-13(11-15(14)18-5)12-17-16(2,3)4/h6,8-9,11,17H,1,7,10,12H2,2-5H3. The van der Waals surface area contributed by atoms with Crippen LogP contribution < -0.4 is 14.8 Å². The Hall–Kier alpha value is -1.48. The van der Waals surface area contributed by atoms with E-state index in [-0.39, 0.29) is 5.54 Å². The van der Waals surface area contributed by atoms with E-state index in [2.05, 4.69) is 38.7 Å². The van der Waals surface area contributed by atoms with E-state index in [9.17, 15) is 0 Å². The first-order valence-electron chi connectivity index (χ1n) is 6.62. The minimum Gasteiger partial charge on any atom is -0.493 e. The second kappa shape index (κ2) is 7.19. The number of ether oxygens (including phenoxy) is 2. The molecule has 0 bridgehead atoms. The number of hydrogen-bond donors (Lipinski definition) is 1. The van der Waals surface area contributed by atoms with Crippen molar-refractivity contribution in [2.24, 2.45) is 0 Å². The van der Waals surface area contributed by atoms with E-state index in [0.29, 0.717) is 6.61 Å². The smallest absolute Gasteiger partial charge is 0.161 e. The van der Waals surface area contributed by atoms with Crippen LogP contribution in [-0.2, 0) is 6.54 Å². The lowest BCUT2D eigenvalue weighted by Gasteiger charge is -2.21. The second-order valence-electron chi connectivity index (χ2n) is 5.51. The van der Waals surface area contributed by atoms with Gasteiger partial charge >= 0.3 is 0 Å². The summed E-state index contributed by atoms with van der Waals surface area (Å²) in [6.07, 6.45) is 2.67. The Labute approximate surface area is 116 Å². The van der Waals surface area contributed by atoms with Crippen molar-refractivity contribution in [1.82, 2.24) is 5.32 Å². The normalized spacial score (nSPS) is 11.2. The molecule has 19 heavy (non-hydrogen) atoms. The van der Waals surface area contributed by atoms with Gasteiger partial charge in [0.25, 0.3) is 0 Å². The molecule has 0 heterocycles. The molecule has 0 aromatic heterocycles. The zero-order valence-electron chi connectivity index (χ0n) is 12.5. The molecule has 0 amide bonds. The predicted octanol–water partition coefficient (Wildman–Crippen LogP) is 3.54. The van der Waals surface area contributed by atoms with Gasteiger partial charge in [-0.2, -0.15) is 0 Å². The van der Waals surface area contributed by atoms with Crippen molar-refractivity contribution in [2.45, 2.75) is 39.3 Å². The molecule has 1 aromatic carbocycles. The van der Waals surface area contributed by atoms with Gasteiger partial charge in [0.15, 0.2) is 11.5 Å². The van der Waals surface area contributed by atoms with Gasteiger partial charge in [-0.1, -0.05) is 12.1 Å². The Morgan fingerprint density at radius 1 is 1.26 bits per heavy atom. The molecular weight excluding hydrogens is 238 g/mol. The molecule has 0 unspecified atom stereocenters. The molecule has 0 radical (unpaired) electrons. The third-order valence-corrected chi connectivity index (χ3v) is 2.63. The van der Waals surface area contributed by atoms with Crippen molar-refractivity contribution in [3.05, 3.63) is 36.4 Å². The monoisotopic (exact) mass is 263 g/mol. The summed E-state index contributed by atoms with van der Waals surface area (Å²) in [5.74, 6) is 1.56. The van der Waals surface area contributed by atoms with Crippen molar-refractivity contribution in [3.8, 4) is 11.5 Å². The molecule has 0 spiro atoms. The van der Waals surface area contributed by atoms with E-state index in [1.165, 1.54) is 5.56 Å². The fourth-order valence-electron chi connectivity index (χ4n) is 1.56. The number of hydrogen-bond acceptors (Lipinski definition) is 3. The molecular formula is C16H25NO2. The fraction of sp³-hybridized carbons (Fsp3) is 0.500. The maximum Gasteiger partial charge on any atom is 0.161 e. The highest BCUT2D eigenvalue weighted by Gasteiger charge is 2.10. The first-order chi connectivity index (χ1) is 8.96. The highest BCUT2D eigenvalue weighted by atomic mass is 16.5. The van der Waals surface area contributed by atoms with Crippen LogP contribution in [0.4, 0.5) is 0 Å². The van der Waals surface area contributed by atoms with Crippen molar-refractivity contribution in [1.29, 1.82) is 0 Å². The third-order valence-electron chi connectivity index (χ3n) is 2.63. The van der Waals surface area contributed by atoms with E-state index in [1.54, 1.807) is 7.11 Å². The van der Waals surface area contributed by atoms with Gasteiger partial charge in [-0.25, -0.2) is 0 Å². The summed E-state index contributed by atoms with van der Waals surface area (Å²) < 4.78 is 11.0. The molecule has 0 fully saturated rings. The van der Waals surface area contributed by atoms with Crippen LogP contribution >= 0.6 is 0 Å². The lowest BCUT2D eigenvalue weighted by atomic mass is 10.1. The van der Waals surface area contributed by atoms with Crippen LogP contribution in [0.2, 0.25) is 0 Å². The zero-order valence-corrected chi connectivity index (χ0v) is 12.5. The Morgan fingerprint density at radius 2 is 2.00 bits per heavy atom. The summed E-state index contributed by atoms with van der Waals surface area (Å²) in [6, 6.07) is 6.04. The largest absolute Gasteiger partial charge is 0.493 e. The number of rotatable bonds is 7. The lowest BCUT2D eigenvalue weighted by Crippen LogP contribution is -2.35. The van der Waals surface area contributed by atoms with E-state index in [0.717, 1.165) is 24.5 Å². The molecule has 3 nitrogen and oxygen atoms in total. The van der Waals surface area contributed by atoms with E-state index in [1.807, 2.05) is 18.2 Å². The van der Waals surface area contributed by atoms with E-state index < -0.39 is 0 Å². The number of methoxy groups -OCH3 is 1. The van der Waals surface area contributed by atoms with E-state index >= 15 is 0 Å². The summed E-state index contributed by atoms with van der Waals surface area (Å²) in [5.41, 5.74) is 1.29. The lowest BCUT2D eigenvalue weighted by molar-refractivity contribution is 0.299. The minimum absolute atomic E-state index is 0.104. The molecule has 0 aliphatic rings. The summed E-state index contributed by atoms with van der Waals surface area (Å²) in [7, 11) is 1.66. The molecule has 0 aliphatic heterocycles. The van der Waals surface area contributed by atoms with Gasteiger partial charge in [-0.15, -0.1) is 6.58 Å². The molecule has 106 valence electrons. The first kappa shape index (κ1) is 15.6. The van der Waals surface area contributed by atoms with Gasteiger partial charge in [0.1, 0.15) is 0 Å². The SMILES string of the molecule is C=CCCOc1ccc(CNC(C)(C)C)cc1OC. The molecule has 0 saturated carbocycles. The Kier molecular flexibility index (Phi) is 5.90. The molecule has 0 saturated heterocycles. The average molecular weight is 263 g/mol. The van der Waals surface area contributed by atoms with Gasteiger partial charge in [0.2, 0.25) is 0 Å². The minimum atomic E-state index is 0.104. The average Bonchev–Trinajstić information content (AvgIpc) is 2.36. The summed E-state index contributed by atoms with van der Waals surface area (Å²) in [6.45, 7) is 11.6. The Balaban J connectivity index is 2.69. The molecule has 1 aromatic rings. The summed E-state index contributed by atoms with van der Waals surface area (Å²) in [5, 5.41) is 3.45. The zero-order chi connectivity index (χ0) is 14.3. The van der Waals surface area contributed by atoms with Crippen LogP contribution in [0.15, 0.2) is 30.9 Å². The molecule has 1 N–H and O–H groups in total. The van der Waals surface area contributed by atoms with Crippen molar-refractivity contribution in [2.75, 3.05) is 13.7 Å². The van der Waals surface area contributed by atoms with Gasteiger partial charge in [-0.05, 0) is 44.9 Å². The van der Waals surface area contributed by atoms with Gasteiger partial charge in [0, 0.05) is 12.1 Å². The highest BCUT2D eigenvalue weighted by Crippen LogP contribution is 2.28. The van der Waals surface area contributed by atoms with Crippen LogP contribution in [0.25, 0.3) is 0 Å². The summed E-state index contributed by atoms with van der Waals surface area (Å²) >= 11 is 0. The van der Waals surface area contributed by atoms with Crippen LogP contribution in [0.1, 0.15) is 32.8 Å². The predicted molar refractivity (Wildman–Crippen MR) is 79.9 cm³/mol. The quantitative estimate of drug-likeness (QED) is 0.603. The van der Waals surface area contributed by atoms with Crippen molar-refractivity contribution < 1.29 is 9.47 Å². The maximum atomic E-state index is 5.65. The van der Waals surface area contributed by atoms with Crippen LogP contribution in [-0.4, -0.2) is 19.3 Å². The van der Waals surface area contributed by atoms with Crippen molar-refractivity contribution >= 4 is 0 Å². The molecule has 0 atom stereocenters. The third kappa shape index (κ3) is 5.79. The molecule has 3 heteroatoms. The van der Waals surface area contributed by atoms with E-state index in [4.69, 9.17) is 9.47 Å². The number of benzene rings is 1. The number of nitrogens with one attached hydrogen (secondary N) is 1. The Bertz CT molecular complexity index is 408. The van der Waals surface area contributed by atoms with Crippen LogP contribution in [0, 0.1) is 0 Å².